The Bertz CT molecular complexity index is 1180. The van der Waals surface area contributed by atoms with E-state index < -0.39 is 6.51 Å². The second-order valence-electron chi connectivity index (χ2n) is 15.0. The molecule has 0 aromatic heterocycles. The van der Waals surface area contributed by atoms with Crippen LogP contribution in [0, 0.1) is 0 Å². The zero-order chi connectivity index (χ0) is 19.6. The van der Waals surface area contributed by atoms with Gasteiger partial charge in [-0.25, -0.2) is 0 Å². The summed E-state index contributed by atoms with van der Waals surface area (Å²) in [5.41, 5.74) is 0. The van der Waals surface area contributed by atoms with Crippen LogP contribution in [0.3, 0.4) is 0 Å². The van der Waals surface area contributed by atoms with E-state index in [1.54, 1.807) is 0 Å². The van der Waals surface area contributed by atoms with Gasteiger partial charge in [0.05, 0.1) is 0 Å². The van der Waals surface area contributed by atoms with Crippen molar-refractivity contribution in [2.24, 2.45) is 0 Å². The third-order valence-electron chi connectivity index (χ3n) is 18.7. The predicted molar refractivity (Wildman–Crippen MR) is 112 cm³/mol. The van der Waals surface area contributed by atoms with Gasteiger partial charge >= 0.3 is 166 Å². The van der Waals surface area contributed by atoms with E-state index in [1.165, 1.54) is 51.4 Å². The first kappa shape index (κ1) is 15.6. The first-order valence-corrected chi connectivity index (χ1v) is 19.4. The van der Waals surface area contributed by atoms with Gasteiger partial charge in [-0.15, -0.1) is 0 Å². The molecule has 29 heavy (non-hydrogen) atoms. The summed E-state index contributed by atoms with van der Waals surface area (Å²) in [6.07, 6.45) is 14.4. The summed E-state index contributed by atoms with van der Waals surface area (Å²) in [6.45, 7) is 0.682. The van der Waals surface area contributed by atoms with Gasteiger partial charge in [0.2, 0.25) is 0 Å². The molecule has 0 N–H and O–H groups in total. The van der Waals surface area contributed by atoms with Gasteiger partial charge < -0.3 is 0 Å². The second kappa shape index (κ2) is 2.06. The molecule has 10 saturated heterocycles. The fraction of sp³-hybridized carbons (Fsp3) is 0.923. The molecule has 8 atom stereocenters. The SMILES string of the molecule is CCCCCCCC(=O)[C]12[CH]3[CH]4[CH]5[CH]1[Fe]45321678[CH]2[CH]1[CH]6[C]7(C(=O)CCCCCCC)[CH]28. The Hall–Kier alpha value is -0.141. The molecule has 0 amide bonds. The summed E-state index contributed by atoms with van der Waals surface area (Å²) < 4.78 is 0.550. The monoisotopic (exact) mass is 438 g/mol. The first-order valence-electron chi connectivity index (χ1n) is 13.2. The molecule has 3 heteroatoms. The van der Waals surface area contributed by atoms with Crippen LogP contribution in [-0.2, 0) is 16.1 Å². The van der Waals surface area contributed by atoms with E-state index in [0.29, 0.717) is 0 Å². The Labute approximate surface area is 165 Å². The summed E-state index contributed by atoms with van der Waals surface area (Å²) in [5, 5.41) is 0. The maximum atomic E-state index is 13.9. The van der Waals surface area contributed by atoms with E-state index in [0.717, 1.165) is 75.8 Å². The molecule has 2 nitrogen and oxygen atoms in total. The Kier molecular flexibility index (Phi) is 1.11. The summed E-state index contributed by atoms with van der Waals surface area (Å²) in [4.78, 5) is 35.6. The predicted octanol–water partition coefficient (Wildman–Crippen LogP) is 7.98. The van der Waals surface area contributed by atoms with Crippen molar-refractivity contribution < 1.29 is 16.1 Å². The van der Waals surface area contributed by atoms with Crippen LogP contribution in [-0.4, -0.2) is 11.6 Å². The van der Waals surface area contributed by atoms with Gasteiger partial charge in [0.1, 0.15) is 0 Å². The summed E-state index contributed by atoms with van der Waals surface area (Å²) in [5.74, 6) is 1.52. The van der Waals surface area contributed by atoms with Gasteiger partial charge in [0, 0.05) is 0 Å². The molecule has 162 valence electrons. The zero-order valence-electron chi connectivity index (χ0n) is 18.3. The topological polar surface area (TPSA) is 34.1 Å². The molecule has 8 unspecified atom stereocenters. The molecule has 0 bridgehead atoms. The fourth-order valence-corrected chi connectivity index (χ4v) is 96.3. The van der Waals surface area contributed by atoms with E-state index in [-0.39, 0.29) is 8.63 Å². The van der Waals surface area contributed by atoms with E-state index in [2.05, 4.69) is 13.8 Å². The number of ketones is 2. The third-order valence-corrected chi connectivity index (χ3v) is 61.4. The average Bonchev–Trinajstić information content (AvgIpc) is 3.66. The Morgan fingerprint density at radius 2 is 0.931 bits per heavy atom. The van der Waals surface area contributed by atoms with Crippen molar-refractivity contribution in [2.75, 3.05) is 0 Å². The molecule has 0 radical (unpaired) electrons. The normalized spacial score (nSPS) is 77.2. The fourth-order valence-electron chi connectivity index (χ4n) is 20.2. The summed E-state index contributed by atoms with van der Waals surface area (Å²) in [7, 11) is 0. The molecular formula is C26H38FeO2. The van der Waals surface area contributed by atoms with Crippen molar-refractivity contribution in [3.63, 3.8) is 0 Å². The average molecular weight is 438 g/mol. The molecular weight excluding hydrogens is 400 g/mol. The van der Waals surface area contributed by atoms with Crippen LogP contribution in [0.2, 0.25) is 47.2 Å². The summed E-state index contributed by atoms with van der Waals surface area (Å²) in [6, 6.07) is 0. The van der Waals surface area contributed by atoms with Crippen molar-refractivity contribution >= 4 is 11.6 Å². The number of fused-ring (bicyclic) bond motifs is 10. The van der Waals surface area contributed by atoms with Crippen LogP contribution >= 0.6 is 0 Å². The number of carbonyl (C=O) groups is 2. The number of carbonyl (C=O) groups excluding carboxylic acids is 2. The van der Waals surface area contributed by atoms with Crippen molar-refractivity contribution in [1.29, 1.82) is 0 Å². The maximum absolute atomic E-state index is 13.9. The Balaban J connectivity index is 0.984. The van der Waals surface area contributed by atoms with E-state index in [9.17, 15) is 9.59 Å². The molecule has 10 rings (SSSR count). The standard InChI is InChI=1S/2C13H19O.Fe/c2*1-2-3-4-5-6-11-13(14)12-9-7-8-10-12;/h2*7-10H,2-6,11H2,1H3;. The minimum atomic E-state index is -3.85. The second-order valence-corrected chi connectivity index (χ2v) is 38.2. The van der Waals surface area contributed by atoms with Crippen molar-refractivity contribution in [3.8, 4) is 0 Å². The quantitative estimate of drug-likeness (QED) is 0.204. The van der Waals surface area contributed by atoms with Gasteiger partial charge in [-0.2, -0.15) is 0 Å². The molecule has 10 fully saturated rings. The van der Waals surface area contributed by atoms with Crippen LogP contribution in [0.5, 0.6) is 0 Å². The van der Waals surface area contributed by atoms with Gasteiger partial charge in [-0.05, 0) is 0 Å². The van der Waals surface area contributed by atoms with Crippen molar-refractivity contribution in [1.82, 2.24) is 0 Å². The first-order chi connectivity index (χ1) is 13.9. The molecule has 0 saturated carbocycles. The van der Waals surface area contributed by atoms with Crippen LogP contribution in [0.1, 0.15) is 90.9 Å². The van der Waals surface area contributed by atoms with Gasteiger partial charge in [0.25, 0.3) is 0 Å². The van der Waals surface area contributed by atoms with Crippen LogP contribution in [0.15, 0.2) is 0 Å². The van der Waals surface area contributed by atoms with Crippen LogP contribution < -0.4 is 0 Å². The molecule has 10 aliphatic heterocycles. The molecule has 1 spiro atoms. The Morgan fingerprint density at radius 3 is 1.24 bits per heavy atom. The number of hydrogen-bond donors (Lipinski definition) is 0. The molecule has 10 heterocycles. The van der Waals surface area contributed by atoms with Gasteiger partial charge in [0.15, 0.2) is 0 Å². The van der Waals surface area contributed by atoms with Crippen molar-refractivity contribution in [3.05, 3.63) is 0 Å². The zero-order valence-corrected chi connectivity index (χ0v) is 19.4. The van der Waals surface area contributed by atoms with Gasteiger partial charge in [-0.1, -0.05) is 0 Å². The molecule has 0 aromatic rings. The number of Topliss-reactive ketones (excluding diaryl/α,β-unsaturated/α-hetero) is 2. The van der Waals surface area contributed by atoms with Crippen LogP contribution in [0.4, 0.5) is 0 Å². The molecule has 0 aromatic carbocycles. The molecule has 10 aliphatic rings. The van der Waals surface area contributed by atoms with Crippen molar-refractivity contribution in [2.45, 2.75) is 138 Å². The number of hydrogen-bond acceptors (Lipinski definition) is 2. The van der Waals surface area contributed by atoms with E-state index in [1.807, 2.05) is 0 Å². The number of rotatable bonds is 14. The number of unbranched alkanes of at least 4 members (excludes halogenated alkanes) is 8. The molecule has 0 aliphatic carbocycles. The third kappa shape index (κ3) is 0.294. The van der Waals surface area contributed by atoms with Crippen LogP contribution in [0.25, 0.3) is 0 Å². The minimum absolute atomic E-state index is 0.275. The van der Waals surface area contributed by atoms with E-state index >= 15 is 0 Å². The summed E-state index contributed by atoms with van der Waals surface area (Å²) >= 11 is 0. The van der Waals surface area contributed by atoms with E-state index in [4.69, 9.17) is 0 Å². The van der Waals surface area contributed by atoms with Gasteiger partial charge in [-0.3, -0.25) is 0 Å². The Morgan fingerprint density at radius 1 is 0.586 bits per heavy atom.